The van der Waals surface area contributed by atoms with Gasteiger partial charge in [0, 0.05) is 16.6 Å². The molecule has 0 amide bonds. The highest BCUT2D eigenvalue weighted by Crippen LogP contribution is 2.31. The Bertz CT molecular complexity index is 484. The lowest BCUT2D eigenvalue weighted by Crippen LogP contribution is -1.92. The van der Waals surface area contributed by atoms with Crippen molar-refractivity contribution in [1.82, 2.24) is 4.98 Å². The largest absolute Gasteiger partial charge is 0.326 e. The molecule has 2 rings (SSSR count). The van der Waals surface area contributed by atoms with Gasteiger partial charge < -0.3 is 5.73 Å². The molecule has 1 heterocycles. The Balaban J connectivity index is 2.45. The molecule has 0 fully saturated rings. The third-order valence-electron chi connectivity index (χ3n) is 1.91. The Morgan fingerprint density at radius 1 is 1.47 bits per heavy atom. The van der Waals surface area contributed by atoms with Crippen LogP contribution in [0.15, 0.2) is 28.7 Å². The fraction of sp³-hybridized carbons (Fsp3) is 0.100. The van der Waals surface area contributed by atoms with Crippen LogP contribution in [0.5, 0.6) is 0 Å². The minimum Gasteiger partial charge on any atom is -0.326 e. The number of nitrogens with two attached hydrogens (primary N) is 1. The van der Waals surface area contributed by atoms with Gasteiger partial charge in [-0.2, -0.15) is 0 Å². The number of rotatable bonds is 2. The summed E-state index contributed by atoms with van der Waals surface area (Å²) in [6.07, 6.45) is 0. The molecule has 0 aliphatic rings. The van der Waals surface area contributed by atoms with E-state index in [1.165, 1.54) is 11.3 Å². The second-order valence-electron chi connectivity index (χ2n) is 2.95. The lowest BCUT2D eigenvalue weighted by Gasteiger charge is -1.95. The van der Waals surface area contributed by atoms with Crippen molar-refractivity contribution in [1.29, 1.82) is 0 Å². The number of hydrogen-bond acceptors (Lipinski definition) is 3. The highest BCUT2D eigenvalue weighted by molar-refractivity contribution is 9.10. The van der Waals surface area contributed by atoms with Crippen LogP contribution < -0.4 is 5.73 Å². The summed E-state index contributed by atoms with van der Waals surface area (Å²) in [6.45, 7) is 0.435. The second kappa shape index (κ2) is 4.61. The molecule has 0 aliphatic carbocycles. The van der Waals surface area contributed by atoms with E-state index < -0.39 is 0 Å². The lowest BCUT2D eigenvalue weighted by molar-refractivity contribution is 1.10. The SMILES string of the molecule is NCc1sc(-c2cccc(Br)c2)nc1Cl. The van der Waals surface area contributed by atoms with Crippen LogP contribution in [0, 0.1) is 0 Å². The number of hydrogen-bond donors (Lipinski definition) is 1. The first-order valence-corrected chi connectivity index (χ1v) is 6.30. The number of nitrogens with zero attached hydrogens (tertiary/aromatic N) is 1. The molecule has 0 unspecified atom stereocenters. The Morgan fingerprint density at radius 3 is 2.87 bits per heavy atom. The summed E-state index contributed by atoms with van der Waals surface area (Å²) in [5.41, 5.74) is 6.60. The maximum absolute atomic E-state index is 5.94. The van der Waals surface area contributed by atoms with E-state index in [4.69, 9.17) is 17.3 Å². The van der Waals surface area contributed by atoms with Crippen molar-refractivity contribution in [3.05, 3.63) is 38.8 Å². The normalized spacial score (nSPS) is 10.6. The summed E-state index contributed by atoms with van der Waals surface area (Å²) in [4.78, 5) is 5.20. The monoisotopic (exact) mass is 302 g/mol. The summed E-state index contributed by atoms with van der Waals surface area (Å²) < 4.78 is 1.03. The van der Waals surface area contributed by atoms with Crippen molar-refractivity contribution < 1.29 is 0 Å². The van der Waals surface area contributed by atoms with E-state index in [1.807, 2.05) is 24.3 Å². The van der Waals surface area contributed by atoms with E-state index in [0.717, 1.165) is 19.9 Å². The number of benzene rings is 1. The van der Waals surface area contributed by atoms with Crippen molar-refractivity contribution in [3.63, 3.8) is 0 Å². The summed E-state index contributed by atoms with van der Waals surface area (Å²) >= 11 is 10.9. The van der Waals surface area contributed by atoms with Crippen LogP contribution in [0.3, 0.4) is 0 Å². The van der Waals surface area contributed by atoms with Crippen LogP contribution >= 0.6 is 38.9 Å². The van der Waals surface area contributed by atoms with Gasteiger partial charge in [0.05, 0.1) is 4.88 Å². The van der Waals surface area contributed by atoms with Crippen LogP contribution in [0.2, 0.25) is 5.15 Å². The molecule has 0 aliphatic heterocycles. The average molecular weight is 304 g/mol. The Labute approximate surface area is 105 Å². The fourth-order valence-corrected chi connectivity index (χ4v) is 2.76. The molecule has 78 valence electrons. The zero-order valence-corrected chi connectivity index (χ0v) is 10.9. The lowest BCUT2D eigenvalue weighted by atomic mass is 10.2. The van der Waals surface area contributed by atoms with E-state index >= 15 is 0 Å². The topological polar surface area (TPSA) is 38.9 Å². The zero-order chi connectivity index (χ0) is 10.8. The summed E-state index contributed by atoms with van der Waals surface area (Å²) in [7, 11) is 0. The van der Waals surface area contributed by atoms with Gasteiger partial charge >= 0.3 is 0 Å². The minimum absolute atomic E-state index is 0.435. The van der Waals surface area contributed by atoms with Crippen molar-refractivity contribution in [2.75, 3.05) is 0 Å². The van der Waals surface area contributed by atoms with E-state index in [0.29, 0.717) is 11.7 Å². The summed E-state index contributed by atoms with van der Waals surface area (Å²) in [5.74, 6) is 0. The third-order valence-corrected chi connectivity index (χ3v) is 3.95. The first kappa shape index (κ1) is 11.1. The first-order valence-electron chi connectivity index (χ1n) is 4.32. The van der Waals surface area contributed by atoms with E-state index in [2.05, 4.69) is 20.9 Å². The van der Waals surface area contributed by atoms with Gasteiger partial charge in [-0.25, -0.2) is 4.98 Å². The molecule has 0 spiro atoms. The molecule has 1 aromatic carbocycles. The second-order valence-corrected chi connectivity index (χ2v) is 5.30. The van der Waals surface area contributed by atoms with Gasteiger partial charge in [0.25, 0.3) is 0 Å². The highest BCUT2D eigenvalue weighted by atomic mass is 79.9. The first-order chi connectivity index (χ1) is 7.20. The average Bonchev–Trinajstić information content (AvgIpc) is 2.60. The fourth-order valence-electron chi connectivity index (χ4n) is 1.20. The van der Waals surface area contributed by atoms with Crippen LogP contribution in [-0.4, -0.2) is 4.98 Å². The summed E-state index contributed by atoms with van der Waals surface area (Å²) in [6, 6.07) is 7.95. The maximum Gasteiger partial charge on any atom is 0.145 e. The molecule has 5 heteroatoms. The van der Waals surface area contributed by atoms with Gasteiger partial charge in [0.2, 0.25) is 0 Å². The van der Waals surface area contributed by atoms with Gasteiger partial charge in [0.1, 0.15) is 10.2 Å². The number of thiazole rings is 1. The van der Waals surface area contributed by atoms with Crippen LogP contribution in [-0.2, 0) is 6.54 Å². The Hall–Kier alpha value is -0.420. The number of halogens is 2. The molecular weight excluding hydrogens is 296 g/mol. The van der Waals surface area contributed by atoms with Crippen LogP contribution in [0.25, 0.3) is 10.6 Å². The molecule has 0 saturated carbocycles. The Morgan fingerprint density at radius 2 is 2.27 bits per heavy atom. The standard InChI is InChI=1S/C10H8BrClN2S/c11-7-3-1-2-6(4-7)10-14-9(12)8(5-13)15-10/h1-4H,5,13H2. The molecule has 1 aromatic heterocycles. The van der Waals surface area contributed by atoms with Crippen LogP contribution in [0.4, 0.5) is 0 Å². The molecule has 15 heavy (non-hydrogen) atoms. The van der Waals surface area contributed by atoms with E-state index in [-0.39, 0.29) is 0 Å². The highest BCUT2D eigenvalue weighted by Gasteiger charge is 2.09. The van der Waals surface area contributed by atoms with Crippen LogP contribution in [0.1, 0.15) is 4.88 Å². The molecule has 0 radical (unpaired) electrons. The molecule has 2 aromatic rings. The molecule has 2 nitrogen and oxygen atoms in total. The van der Waals surface area contributed by atoms with Crippen molar-refractivity contribution in [2.45, 2.75) is 6.54 Å². The van der Waals surface area contributed by atoms with Crippen molar-refractivity contribution in [3.8, 4) is 10.6 Å². The molecular formula is C10H8BrClN2S. The van der Waals surface area contributed by atoms with Gasteiger partial charge in [-0.1, -0.05) is 39.7 Å². The molecule has 0 atom stereocenters. The van der Waals surface area contributed by atoms with Gasteiger partial charge in [-0.05, 0) is 12.1 Å². The van der Waals surface area contributed by atoms with Crippen molar-refractivity contribution in [2.24, 2.45) is 5.73 Å². The van der Waals surface area contributed by atoms with Gasteiger partial charge in [-0.3, -0.25) is 0 Å². The molecule has 0 bridgehead atoms. The van der Waals surface area contributed by atoms with E-state index in [1.54, 1.807) is 0 Å². The quantitative estimate of drug-likeness (QED) is 0.919. The Kier molecular flexibility index (Phi) is 3.41. The smallest absolute Gasteiger partial charge is 0.145 e. The predicted molar refractivity (Wildman–Crippen MR) is 68.2 cm³/mol. The number of aromatic nitrogens is 1. The molecule has 0 saturated heterocycles. The summed E-state index contributed by atoms with van der Waals surface area (Å²) in [5, 5.41) is 1.42. The minimum atomic E-state index is 0.435. The van der Waals surface area contributed by atoms with E-state index in [9.17, 15) is 0 Å². The third kappa shape index (κ3) is 2.39. The van der Waals surface area contributed by atoms with Crippen molar-refractivity contribution >= 4 is 38.9 Å². The zero-order valence-electron chi connectivity index (χ0n) is 7.71. The van der Waals surface area contributed by atoms with Gasteiger partial charge in [-0.15, -0.1) is 11.3 Å². The molecule has 2 N–H and O–H groups in total. The predicted octanol–water partition coefficient (Wildman–Crippen LogP) is 3.68. The maximum atomic E-state index is 5.94. The van der Waals surface area contributed by atoms with Gasteiger partial charge in [0.15, 0.2) is 0 Å².